The number of carbonyl (C=O) groups is 3. The molecule has 0 aromatic rings. The zero-order valence-electron chi connectivity index (χ0n) is 20.2. The van der Waals surface area contributed by atoms with Gasteiger partial charge in [0.2, 0.25) is 11.8 Å². The molecule has 2 aliphatic rings. The van der Waals surface area contributed by atoms with Gasteiger partial charge in [0.05, 0.1) is 46.1 Å². The van der Waals surface area contributed by atoms with E-state index in [0.29, 0.717) is 105 Å². The summed E-state index contributed by atoms with van der Waals surface area (Å²) in [6.45, 7) is 13.1. The average molecular weight is 472 g/mol. The number of morpholine rings is 2. The van der Waals surface area contributed by atoms with Gasteiger partial charge >= 0.3 is 5.97 Å². The van der Waals surface area contributed by atoms with E-state index in [9.17, 15) is 19.5 Å². The molecule has 0 radical (unpaired) electrons. The van der Waals surface area contributed by atoms with Crippen LogP contribution in [0.25, 0.3) is 0 Å². The van der Waals surface area contributed by atoms with Gasteiger partial charge in [-0.15, -0.1) is 0 Å². The van der Waals surface area contributed by atoms with Crippen molar-refractivity contribution < 1.29 is 29.0 Å². The molecule has 2 saturated heterocycles. The van der Waals surface area contributed by atoms with Crippen LogP contribution in [0.1, 0.15) is 13.8 Å². The second kappa shape index (κ2) is 15.2. The summed E-state index contributed by atoms with van der Waals surface area (Å²) in [6, 6.07) is 0. The van der Waals surface area contributed by atoms with Gasteiger partial charge in [0.1, 0.15) is 0 Å². The fourth-order valence-corrected chi connectivity index (χ4v) is 3.93. The maximum absolute atomic E-state index is 12.5. The number of carbonyl (C=O) groups excluding carboxylic acids is 2. The van der Waals surface area contributed by atoms with E-state index in [4.69, 9.17) is 9.47 Å². The highest BCUT2D eigenvalue weighted by atomic mass is 16.5. The van der Waals surface area contributed by atoms with E-state index >= 15 is 0 Å². The van der Waals surface area contributed by atoms with Gasteiger partial charge in [-0.1, -0.05) is 13.8 Å². The van der Waals surface area contributed by atoms with Crippen molar-refractivity contribution >= 4 is 17.8 Å². The molecule has 33 heavy (non-hydrogen) atoms. The fraction of sp³-hybridized carbons (Fsp3) is 0.864. The summed E-state index contributed by atoms with van der Waals surface area (Å²) in [5, 5.41) is 9.35. The standard InChI is InChI=1S/C22H41N5O6/c1-3-23(17-20(28)26-9-13-32-14-10-26)5-7-25(19-22(30)31)8-6-24(4-2)18-21(29)27-11-15-33-16-12-27/h3-19H2,1-2H3,(H,30,31). The number of nitrogens with zero attached hydrogens (tertiary/aromatic N) is 5. The SMILES string of the molecule is CCN(CCN(CCN(CC)CC(=O)N1CCOCC1)CC(=O)O)CC(=O)N1CCOCC1. The topological polar surface area (TPSA) is 106 Å². The molecule has 11 nitrogen and oxygen atoms in total. The Balaban J connectivity index is 1.80. The molecule has 0 saturated carbocycles. The van der Waals surface area contributed by atoms with Crippen LogP contribution < -0.4 is 0 Å². The molecular formula is C22H41N5O6. The molecule has 190 valence electrons. The Hall–Kier alpha value is -1.79. The van der Waals surface area contributed by atoms with E-state index in [0.717, 1.165) is 0 Å². The molecular weight excluding hydrogens is 430 g/mol. The number of hydrogen-bond donors (Lipinski definition) is 1. The molecule has 2 rings (SSSR count). The quantitative estimate of drug-likeness (QED) is 0.332. The van der Waals surface area contributed by atoms with Crippen molar-refractivity contribution in [3.63, 3.8) is 0 Å². The Bertz CT molecular complexity index is 566. The van der Waals surface area contributed by atoms with Gasteiger partial charge in [0.25, 0.3) is 0 Å². The van der Waals surface area contributed by atoms with Crippen molar-refractivity contribution in [3.05, 3.63) is 0 Å². The molecule has 0 spiro atoms. The third kappa shape index (κ3) is 10.3. The van der Waals surface area contributed by atoms with Crippen LogP contribution in [0.2, 0.25) is 0 Å². The molecule has 2 aliphatic heterocycles. The van der Waals surface area contributed by atoms with Crippen molar-refractivity contribution in [1.29, 1.82) is 0 Å². The molecule has 0 unspecified atom stereocenters. The fourth-order valence-electron chi connectivity index (χ4n) is 3.93. The van der Waals surface area contributed by atoms with Gasteiger partial charge in [0.15, 0.2) is 0 Å². The molecule has 2 fully saturated rings. The molecule has 0 aromatic heterocycles. The van der Waals surface area contributed by atoms with Crippen LogP contribution in [-0.2, 0) is 23.9 Å². The lowest BCUT2D eigenvalue weighted by Gasteiger charge is -2.32. The zero-order chi connectivity index (χ0) is 24.1. The van der Waals surface area contributed by atoms with E-state index < -0.39 is 5.97 Å². The predicted molar refractivity (Wildman–Crippen MR) is 123 cm³/mol. The summed E-state index contributed by atoms with van der Waals surface area (Å²) in [6.07, 6.45) is 0. The Morgan fingerprint density at radius 2 is 1.03 bits per heavy atom. The van der Waals surface area contributed by atoms with Gasteiger partial charge < -0.3 is 24.4 Å². The van der Waals surface area contributed by atoms with E-state index in [1.54, 1.807) is 0 Å². The lowest BCUT2D eigenvalue weighted by Crippen LogP contribution is -2.48. The van der Waals surface area contributed by atoms with Crippen molar-refractivity contribution in [2.24, 2.45) is 0 Å². The molecule has 11 heteroatoms. The third-order valence-electron chi connectivity index (χ3n) is 6.16. The van der Waals surface area contributed by atoms with Crippen molar-refractivity contribution in [2.75, 3.05) is 112 Å². The predicted octanol–water partition coefficient (Wildman–Crippen LogP) is -1.27. The van der Waals surface area contributed by atoms with Crippen molar-refractivity contribution in [1.82, 2.24) is 24.5 Å². The lowest BCUT2D eigenvalue weighted by molar-refractivity contribution is -0.139. The van der Waals surface area contributed by atoms with Gasteiger partial charge in [-0.2, -0.15) is 0 Å². The van der Waals surface area contributed by atoms with Crippen LogP contribution in [0, 0.1) is 0 Å². The molecule has 2 amide bonds. The smallest absolute Gasteiger partial charge is 0.317 e. The van der Waals surface area contributed by atoms with Gasteiger partial charge in [-0.25, -0.2) is 0 Å². The van der Waals surface area contributed by atoms with E-state index in [1.165, 1.54) is 0 Å². The first-order valence-electron chi connectivity index (χ1n) is 12.0. The number of aliphatic carboxylic acids is 1. The first-order chi connectivity index (χ1) is 15.9. The molecule has 0 aliphatic carbocycles. The van der Waals surface area contributed by atoms with Crippen LogP contribution >= 0.6 is 0 Å². The summed E-state index contributed by atoms with van der Waals surface area (Å²) in [5.41, 5.74) is 0. The molecule has 0 bridgehead atoms. The summed E-state index contributed by atoms with van der Waals surface area (Å²) in [7, 11) is 0. The minimum absolute atomic E-state index is 0.0655. The van der Waals surface area contributed by atoms with Gasteiger partial charge in [-0.3, -0.25) is 29.1 Å². The van der Waals surface area contributed by atoms with E-state index in [-0.39, 0.29) is 18.4 Å². The monoisotopic (exact) mass is 471 g/mol. The molecule has 0 aromatic carbocycles. The highest BCUT2D eigenvalue weighted by Crippen LogP contribution is 2.03. The van der Waals surface area contributed by atoms with E-state index in [2.05, 4.69) is 0 Å². The first-order valence-corrected chi connectivity index (χ1v) is 12.0. The molecule has 1 N–H and O–H groups in total. The number of ether oxygens (including phenoxy) is 2. The largest absolute Gasteiger partial charge is 0.480 e. The number of hydrogen-bond acceptors (Lipinski definition) is 8. The van der Waals surface area contributed by atoms with Crippen LogP contribution in [0.15, 0.2) is 0 Å². The average Bonchev–Trinajstić information content (AvgIpc) is 2.84. The van der Waals surface area contributed by atoms with Crippen molar-refractivity contribution in [3.8, 4) is 0 Å². The summed E-state index contributed by atoms with van der Waals surface area (Å²) in [5.74, 6) is -0.706. The lowest BCUT2D eigenvalue weighted by atomic mass is 10.3. The maximum atomic E-state index is 12.5. The van der Waals surface area contributed by atoms with Gasteiger partial charge in [0, 0.05) is 52.4 Å². The molecule has 0 atom stereocenters. The highest BCUT2D eigenvalue weighted by molar-refractivity contribution is 5.78. The Labute approximate surface area is 197 Å². The van der Waals surface area contributed by atoms with Crippen LogP contribution in [0.3, 0.4) is 0 Å². The number of carboxylic acids is 1. The maximum Gasteiger partial charge on any atom is 0.317 e. The zero-order valence-corrected chi connectivity index (χ0v) is 20.2. The summed E-state index contributed by atoms with van der Waals surface area (Å²) in [4.78, 5) is 46.1. The van der Waals surface area contributed by atoms with Crippen LogP contribution in [-0.4, -0.2) is 159 Å². The normalized spacial score (nSPS) is 17.2. The Morgan fingerprint density at radius 3 is 1.36 bits per heavy atom. The highest BCUT2D eigenvalue weighted by Gasteiger charge is 2.22. The number of carboxylic acid groups (broad SMARTS) is 1. The van der Waals surface area contributed by atoms with Crippen LogP contribution in [0.5, 0.6) is 0 Å². The Kier molecular flexibility index (Phi) is 12.6. The second-order valence-corrected chi connectivity index (χ2v) is 8.39. The van der Waals surface area contributed by atoms with Gasteiger partial charge in [-0.05, 0) is 13.1 Å². The number of likely N-dealkylation sites (N-methyl/N-ethyl adjacent to an activating group) is 2. The summed E-state index contributed by atoms with van der Waals surface area (Å²) < 4.78 is 10.6. The van der Waals surface area contributed by atoms with Crippen LogP contribution in [0.4, 0.5) is 0 Å². The Morgan fingerprint density at radius 1 is 0.667 bits per heavy atom. The third-order valence-corrected chi connectivity index (χ3v) is 6.16. The van der Waals surface area contributed by atoms with E-state index in [1.807, 2.05) is 38.3 Å². The molecule has 2 heterocycles. The minimum atomic E-state index is -0.880. The summed E-state index contributed by atoms with van der Waals surface area (Å²) >= 11 is 0. The number of rotatable bonds is 14. The minimum Gasteiger partial charge on any atom is -0.480 e. The second-order valence-electron chi connectivity index (χ2n) is 8.39. The number of amides is 2. The van der Waals surface area contributed by atoms with Crippen molar-refractivity contribution in [2.45, 2.75) is 13.8 Å². The first kappa shape index (κ1) is 27.5.